The lowest BCUT2D eigenvalue weighted by Crippen LogP contribution is -0.481. The zero-order valence-corrected chi connectivity index (χ0v) is 2.83. The summed E-state index contributed by atoms with van der Waals surface area (Å²) in [6.45, 7) is 0. The fourth-order valence-electron chi connectivity index (χ4n) is 0. The van der Waals surface area contributed by atoms with Gasteiger partial charge >= 0.3 is 0 Å². The molecule has 1 nitrogen and oxygen atoms in total. The van der Waals surface area contributed by atoms with E-state index < -0.39 is 0 Å². The highest BCUT2D eigenvalue weighted by atomic mass is 31.0. The van der Waals surface area contributed by atoms with Gasteiger partial charge in [0.15, 0.2) is 0 Å². The lowest BCUT2D eigenvalue weighted by molar-refractivity contribution is 2.13. The molecule has 1 unspecified atom stereocenters. The van der Waals surface area contributed by atoms with Crippen LogP contribution in [0.15, 0.2) is 0 Å². The van der Waals surface area contributed by atoms with Gasteiger partial charge < -0.3 is 6.15 Å². The summed E-state index contributed by atoms with van der Waals surface area (Å²) in [4.78, 5) is 0. The number of hydrogen-bond acceptors (Lipinski definition) is 1. The van der Waals surface area contributed by atoms with E-state index in [1.807, 2.05) is 0 Å². The third-order valence-corrected chi connectivity index (χ3v) is 0. The summed E-state index contributed by atoms with van der Waals surface area (Å²) in [7, 11) is 0. The Hall–Kier alpha value is 0.455. The molecule has 0 heterocycles. The van der Waals surface area contributed by atoms with Gasteiger partial charge in [0.2, 0.25) is 0 Å². The molecule has 0 saturated carbocycles. The van der Waals surface area contributed by atoms with Crippen molar-refractivity contribution >= 4 is 18.3 Å². The number of hydrogen-bond donors (Lipinski definition) is 1. The van der Waals surface area contributed by atoms with Crippen LogP contribution in [0, 0.1) is 0 Å². The molecule has 4 heavy (non-hydrogen) atoms. The van der Waals surface area contributed by atoms with E-state index in [0.717, 1.165) is 0 Å². The summed E-state index contributed by atoms with van der Waals surface area (Å²) < 4.78 is 0. The van der Waals surface area contributed by atoms with E-state index in [9.17, 15) is 0 Å². The maximum absolute atomic E-state index is 0. The minimum Gasteiger partial charge on any atom is -0.344 e. The van der Waals surface area contributed by atoms with Crippen molar-refractivity contribution in [1.82, 2.24) is 6.15 Å². The first kappa shape index (κ1) is 257. The zero-order chi connectivity index (χ0) is 0. The Kier molecular flexibility index (Phi) is 6460. The van der Waals surface area contributed by atoms with E-state index >= 15 is 0 Å². The van der Waals surface area contributed by atoms with Crippen LogP contribution in [-0.2, 0) is 0 Å². The molecule has 0 aliphatic heterocycles. The van der Waals surface area contributed by atoms with Crippen molar-refractivity contribution in [3.05, 3.63) is 0 Å². The van der Waals surface area contributed by atoms with Gasteiger partial charge in [-0.3, -0.25) is 0 Å². The quantitative estimate of drug-likeness (QED) is 0.314. The van der Waals surface area contributed by atoms with Crippen molar-refractivity contribution < 1.29 is 0 Å². The normalized spacial score (nSPS) is 0. The Morgan fingerprint density at radius 3 is 1.00 bits per heavy atom. The van der Waals surface area contributed by atoms with Crippen LogP contribution in [0.2, 0.25) is 0 Å². The monoisotopic (exact) mass is 81.1 g/mol. The van der Waals surface area contributed by atoms with Gasteiger partial charge in [-0.05, 0) is 0 Å². The minimum atomic E-state index is 0. The maximum Gasteiger partial charge on any atom is 0.0814 e. The lowest BCUT2D eigenvalue weighted by Gasteiger charge is -0.344. The first-order chi connectivity index (χ1) is 0. The molecule has 0 aromatic heterocycles. The van der Waals surface area contributed by atoms with Crippen LogP contribution in [0.3, 0.4) is 0 Å². The van der Waals surface area contributed by atoms with Crippen LogP contribution in [-0.4, -0.2) is 8.41 Å². The average Bonchev–Trinajstić information content (AvgIpc) is 0. The van der Waals surface area contributed by atoms with Crippen LogP contribution in [0.4, 0.5) is 0 Å². The molecular weight excluding hydrogens is 67.8 g/mol. The Bertz CT molecular complexity index is 8.00. The van der Waals surface area contributed by atoms with Gasteiger partial charge in [0.05, 0.1) is 8.41 Å². The molecule has 0 radical (unpaired) electrons. The van der Waals surface area contributed by atoms with Gasteiger partial charge in [0, 0.05) is 0 Å². The van der Waals surface area contributed by atoms with E-state index in [0.29, 0.717) is 0 Å². The lowest BCUT2D eigenvalue weighted by atomic mass is 10.8. The van der Waals surface area contributed by atoms with Crippen molar-refractivity contribution in [3.8, 4) is 0 Å². The topological polar surface area (TPSA) is 35.0 Å². The van der Waals surface area contributed by atoms with Gasteiger partial charge in [0.1, 0.15) is 0 Å². The van der Waals surface area contributed by atoms with Gasteiger partial charge in [-0.25, -0.2) is 0 Å². The van der Waals surface area contributed by atoms with Crippen molar-refractivity contribution in [1.29, 1.82) is 0 Å². The van der Waals surface area contributed by atoms with E-state index in [2.05, 4.69) is 0 Å². The Morgan fingerprint density at radius 1 is 1.00 bits per heavy atom. The molecule has 3 heteroatoms. The fourth-order valence-corrected chi connectivity index (χ4v) is 0. The third kappa shape index (κ3) is 25.1. The Balaban J connectivity index is 0. The molecule has 0 aromatic carbocycles. The molecule has 0 fully saturated rings. The molecule has 30 valence electrons. The van der Waals surface area contributed by atoms with Crippen LogP contribution in [0.1, 0.15) is 7.43 Å². The maximum atomic E-state index is 0. The minimum absolute atomic E-state index is 0. The second-order valence-corrected chi connectivity index (χ2v) is 0. The number of rotatable bonds is 0. The molecule has 3 N–H and O–H groups in total. The van der Waals surface area contributed by atoms with Crippen LogP contribution in [0.5, 0.6) is 0 Å². The molecule has 1 atom stereocenters. The molecule has 0 aromatic rings. The average molecular weight is 80.9 g/mol. The van der Waals surface area contributed by atoms with Crippen molar-refractivity contribution in [2.24, 2.45) is 0 Å². The molecule has 0 bridgehead atoms. The van der Waals surface area contributed by atoms with Crippen molar-refractivity contribution in [2.45, 2.75) is 7.43 Å². The second kappa shape index (κ2) is 101. The summed E-state index contributed by atoms with van der Waals surface area (Å²) in [5, 5.41) is 0. The third-order valence-electron chi connectivity index (χ3n) is 0. The molecular formula is CH13BNP. The van der Waals surface area contributed by atoms with Crippen molar-refractivity contribution in [3.63, 3.8) is 0 Å². The SMILES string of the molecule is B.C.N.P. The summed E-state index contributed by atoms with van der Waals surface area (Å²) in [5.74, 6) is 0. The van der Waals surface area contributed by atoms with Gasteiger partial charge in [-0.2, -0.15) is 9.90 Å². The summed E-state index contributed by atoms with van der Waals surface area (Å²) in [6.07, 6.45) is 0. The molecule has 0 saturated heterocycles. The predicted molar refractivity (Wildman–Crippen MR) is 32.8 cm³/mol. The first-order valence-corrected chi connectivity index (χ1v) is 0. The summed E-state index contributed by atoms with van der Waals surface area (Å²) in [6, 6.07) is 0. The van der Waals surface area contributed by atoms with Gasteiger partial charge in [-0.15, -0.1) is 0 Å². The molecule has 0 spiro atoms. The highest BCUT2D eigenvalue weighted by Crippen LogP contribution is 0.861. The van der Waals surface area contributed by atoms with Gasteiger partial charge in [0.25, 0.3) is 0 Å². The molecule has 0 aliphatic rings. The predicted octanol–water partition coefficient (Wildman–Crippen LogP) is -0.328. The molecule has 0 aliphatic carbocycles. The Labute approximate surface area is 32.9 Å². The van der Waals surface area contributed by atoms with E-state index in [1.54, 1.807) is 0 Å². The van der Waals surface area contributed by atoms with Crippen molar-refractivity contribution in [2.75, 3.05) is 0 Å². The Morgan fingerprint density at radius 2 is 1.00 bits per heavy atom. The largest absolute Gasteiger partial charge is 0.344 e. The molecule has 0 rings (SSSR count). The smallest absolute Gasteiger partial charge is 0.0814 e. The van der Waals surface area contributed by atoms with E-state index in [1.165, 1.54) is 0 Å². The second-order valence-electron chi connectivity index (χ2n) is 0. The van der Waals surface area contributed by atoms with Crippen LogP contribution >= 0.6 is 9.90 Å². The zero-order valence-electron chi connectivity index (χ0n) is 1.41. The van der Waals surface area contributed by atoms with Crippen LogP contribution in [0.25, 0.3) is 0 Å². The van der Waals surface area contributed by atoms with E-state index in [4.69, 9.17) is 0 Å². The standard InChI is InChI=1S/CH4.BH3.H3N.H3P/h1H4;3*1H3. The summed E-state index contributed by atoms with van der Waals surface area (Å²) in [5.41, 5.74) is 0. The highest BCUT2D eigenvalue weighted by molar-refractivity contribution is 6.92. The van der Waals surface area contributed by atoms with Gasteiger partial charge in [-0.1, -0.05) is 7.43 Å². The molecule has 0 amide bonds. The first-order valence-electron chi connectivity index (χ1n) is 0. The summed E-state index contributed by atoms with van der Waals surface area (Å²) >= 11 is 0. The highest BCUT2D eigenvalue weighted by Gasteiger charge is 0.0814. The fraction of sp³-hybridized carbons (Fsp3) is 1.00. The van der Waals surface area contributed by atoms with Crippen LogP contribution < -0.4 is 6.15 Å². The van der Waals surface area contributed by atoms with E-state index in [-0.39, 0.29) is 31.9 Å².